The lowest BCUT2D eigenvalue weighted by Gasteiger charge is -2.34. The summed E-state index contributed by atoms with van der Waals surface area (Å²) in [4.78, 5) is 22.7. The molecular formula is C20H29N7O. The fourth-order valence-corrected chi connectivity index (χ4v) is 3.40. The number of nitrogens with one attached hydrogen (secondary N) is 2. The van der Waals surface area contributed by atoms with Crippen molar-refractivity contribution < 1.29 is 4.79 Å². The molecule has 2 N–H and O–H groups in total. The zero-order valence-corrected chi connectivity index (χ0v) is 16.6. The SMILES string of the molecule is CCNC(=NCc1ccc(-n2cncn2)cc1)N1CCC(CC(=O)NC)CC1. The van der Waals surface area contributed by atoms with E-state index < -0.39 is 0 Å². The number of likely N-dealkylation sites (tertiary alicyclic amines) is 1. The molecule has 1 amide bonds. The van der Waals surface area contributed by atoms with Crippen LogP contribution in [0.3, 0.4) is 0 Å². The number of piperidine rings is 1. The van der Waals surface area contributed by atoms with Gasteiger partial charge in [0.2, 0.25) is 5.91 Å². The second kappa shape index (κ2) is 9.87. The second-order valence-corrected chi connectivity index (χ2v) is 6.98. The molecule has 8 nitrogen and oxygen atoms in total. The maximum absolute atomic E-state index is 11.6. The molecule has 150 valence electrons. The van der Waals surface area contributed by atoms with E-state index in [0.29, 0.717) is 18.9 Å². The molecular weight excluding hydrogens is 354 g/mol. The lowest BCUT2D eigenvalue weighted by atomic mass is 9.93. The topological polar surface area (TPSA) is 87.4 Å². The number of aromatic nitrogens is 3. The molecule has 0 atom stereocenters. The Morgan fingerprint density at radius 2 is 2.00 bits per heavy atom. The number of benzene rings is 1. The third kappa shape index (κ3) is 5.31. The summed E-state index contributed by atoms with van der Waals surface area (Å²) in [5.41, 5.74) is 2.13. The highest BCUT2D eigenvalue weighted by Crippen LogP contribution is 2.20. The van der Waals surface area contributed by atoms with Crippen LogP contribution < -0.4 is 10.6 Å². The number of rotatable bonds is 6. The van der Waals surface area contributed by atoms with Gasteiger partial charge in [-0.3, -0.25) is 4.79 Å². The highest BCUT2D eigenvalue weighted by Gasteiger charge is 2.23. The Labute approximate surface area is 166 Å². The lowest BCUT2D eigenvalue weighted by Crippen LogP contribution is -2.46. The van der Waals surface area contributed by atoms with Crippen LogP contribution in [0, 0.1) is 5.92 Å². The lowest BCUT2D eigenvalue weighted by molar-refractivity contribution is -0.121. The quantitative estimate of drug-likeness (QED) is 0.584. The van der Waals surface area contributed by atoms with Crippen LogP contribution in [0.1, 0.15) is 31.7 Å². The number of amides is 1. The van der Waals surface area contributed by atoms with E-state index in [1.807, 2.05) is 12.1 Å². The molecule has 1 aromatic heterocycles. The smallest absolute Gasteiger partial charge is 0.220 e. The molecule has 0 radical (unpaired) electrons. The number of nitrogens with zero attached hydrogens (tertiary/aromatic N) is 5. The van der Waals surface area contributed by atoms with Gasteiger partial charge in [0.05, 0.1) is 12.2 Å². The van der Waals surface area contributed by atoms with Gasteiger partial charge in [0, 0.05) is 33.1 Å². The maximum atomic E-state index is 11.6. The molecule has 1 fully saturated rings. The van der Waals surface area contributed by atoms with Gasteiger partial charge in [-0.2, -0.15) is 5.10 Å². The number of hydrogen-bond acceptors (Lipinski definition) is 4. The van der Waals surface area contributed by atoms with Crippen molar-refractivity contribution >= 4 is 11.9 Å². The Morgan fingerprint density at radius 1 is 1.25 bits per heavy atom. The average molecular weight is 384 g/mol. The van der Waals surface area contributed by atoms with E-state index in [4.69, 9.17) is 4.99 Å². The van der Waals surface area contributed by atoms with Gasteiger partial charge in [-0.15, -0.1) is 0 Å². The van der Waals surface area contributed by atoms with Crippen LogP contribution in [0.2, 0.25) is 0 Å². The van der Waals surface area contributed by atoms with Crippen molar-refractivity contribution in [3.63, 3.8) is 0 Å². The third-order valence-electron chi connectivity index (χ3n) is 5.03. The van der Waals surface area contributed by atoms with Crippen molar-refractivity contribution in [1.82, 2.24) is 30.3 Å². The van der Waals surface area contributed by atoms with E-state index in [-0.39, 0.29) is 5.91 Å². The van der Waals surface area contributed by atoms with Crippen molar-refractivity contribution in [3.8, 4) is 5.69 Å². The third-order valence-corrected chi connectivity index (χ3v) is 5.03. The molecule has 0 bridgehead atoms. The summed E-state index contributed by atoms with van der Waals surface area (Å²) in [6.45, 7) is 5.40. The standard InChI is InChI=1S/C20H29N7O/c1-3-23-20(26-10-8-16(9-11-26)12-19(28)21-2)24-13-17-4-6-18(7-5-17)27-15-22-14-25-27/h4-7,14-16H,3,8-13H2,1-2H3,(H,21,28)(H,23,24). The van der Waals surface area contributed by atoms with Crippen LogP contribution in [0.4, 0.5) is 0 Å². The predicted molar refractivity (Wildman–Crippen MR) is 109 cm³/mol. The minimum Gasteiger partial charge on any atom is -0.359 e. The van der Waals surface area contributed by atoms with Gasteiger partial charge in [-0.05, 0) is 43.4 Å². The van der Waals surface area contributed by atoms with Gasteiger partial charge in [0.15, 0.2) is 5.96 Å². The number of carbonyl (C=O) groups is 1. The Bertz CT molecular complexity index is 762. The van der Waals surface area contributed by atoms with Gasteiger partial charge in [-0.1, -0.05) is 12.1 Å². The molecule has 0 spiro atoms. The molecule has 3 rings (SSSR count). The summed E-state index contributed by atoms with van der Waals surface area (Å²) >= 11 is 0. The van der Waals surface area contributed by atoms with Gasteiger partial charge >= 0.3 is 0 Å². The summed E-state index contributed by atoms with van der Waals surface area (Å²) < 4.78 is 1.74. The van der Waals surface area contributed by atoms with Crippen molar-refractivity contribution in [2.45, 2.75) is 32.7 Å². The molecule has 1 aromatic carbocycles. The summed E-state index contributed by atoms with van der Waals surface area (Å²) in [5, 5.41) is 10.3. The Hall–Kier alpha value is -2.90. The van der Waals surface area contributed by atoms with Crippen molar-refractivity contribution in [2.24, 2.45) is 10.9 Å². The molecule has 0 aliphatic carbocycles. The number of aliphatic imine (C=N–C) groups is 1. The van der Waals surface area contributed by atoms with Crippen LogP contribution in [0.25, 0.3) is 5.69 Å². The highest BCUT2D eigenvalue weighted by molar-refractivity contribution is 5.80. The van der Waals surface area contributed by atoms with Crippen LogP contribution >= 0.6 is 0 Å². The first-order chi connectivity index (χ1) is 13.7. The van der Waals surface area contributed by atoms with Crippen molar-refractivity contribution in [1.29, 1.82) is 0 Å². The normalized spacial score (nSPS) is 15.5. The number of carbonyl (C=O) groups excluding carboxylic acids is 1. The van der Waals surface area contributed by atoms with Crippen LogP contribution in [-0.4, -0.2) is 58.2 Å². The largest absolute Gasteiger partial charge is 0.359 e. The van der Waals surface area contributed by atoms with Gasteiger partial charge < -0.3 is 15.5 Å². The van der Waals surface area contributed by atoms with Crippen LogP contribution in [0.5, 0.6) is 0 Å². The van der Waals surface area contributed by atoms with E-state index in [1.54, 1.807) is 18.1 Å². The number of guanidine groups is 1. The van der Waals surface area contributed by atoms with Crippen molar-refractivity contribution in [2.75, 3.05) is 26.7 Å². The molecule has 1 saturated heterocycles. The summed E-state index contributed by atoms with van der Waals surface area (Å²) in [5.74, 6) is 1.54. The minimum absolute atomic E-state index is 0.133. The Kier molecular flexibility index (Phi) is 7.00. The Balaban J connectivity index is 1.58. The summed E-state index contributed by atoms with van der Waals surface area (Å²) in [6, 6.07) is 8.19. The van der Waals surface area contributed by atoms with Gasteiger partial charge in [0.1, 0.15) is 12.7 Å². The van der Waals surface area contributed by atoms with E-state index in [2.05, 4.69) is 44.7 Å². The zero-order chi connectivity index (χ0) is 19.8. The second-order valence-electron chi connectivity index (χ2n) is 6.98. The maximum Gasteiger partial charge on any atom is 0.220 e. The molecule has 1 aliphatic rings. The van der Waals surface area contributed by atoms with Crippen LogP contribution in [-0.2, 0) is 11.3 Å². The first kappa shape index (κ1) is 19.9. The highest BCUT2D eigenvalue weighted by atomic mass is 16.1. The van der Waals surface area contributed by atoms with Gasteiger partial charge in [-0.25, -0.2) is 14.7 Å². The predicted octanol–water partition coefficient (Wildman–Crippen LogP) is 1.58. The molecule has 2 heterocycles. The molecule has 28 heavy (non-hydrogen) atoms. The fraction of sp³-hybridized carbons (Fsp3) is 0.500. The number of hydrogen-bond donors (Lipinski definition) is 2. The first-order valence-corrected chi connectivity index (χ1v) is 9.87. The van der Waals surface area contributed by atoms with Gasteiger partial charge in [0.25, 0.3) is 0 Å². The first-order valence-electron chi connectivity index (χ1n) is 9.87. The molecule has 2 aromatic rings. The van der Waals surface area contributed by atoms with E-state index in [9.17, 15) is 4.79 Å². The monoisotopic (exact) mass is 383 g/mol. The van der Waals surface area contributed by atoms with Crippen molar-refractivity contribution in [3.05, 3.63) is 42.5 Å². The zero-order valence-electron chi connectivity index (χ0n) is 16.6. The Morgan fingerprint density at radius 3 is 2.61 bits per heavy atom. The molecule has 0 saturated carbocycles. The molecule has 1 aliphatic heterocycles. The summed E-state index contributed by atoms with van der Waals surface area (Å²) in [7, 11) is 1.70. The average Bonchev–Trinajstić information content (AvgIpc) is 3.27. The molecule has 8 heteroatoms. The summed E-state index contributed by atoms with van der Waals surface area (Å²) in [6.07, 6.45) is 5.87. The van der Waals surface area contributed by atoms with E-state index in [0.717, 1.165) is 49.7 Å². The minimum atomic E-state index is 0.133. The van der Waals surface area contributed by atoms with E-state index >= 15 is 0 Å². The van der Waals surface area contributed by atoms with E-state index in [1.165, 1.54) is 6.33 Å². The van der Waals surface area contributed by atoms with Crippen LogP contribution in [0.15, 0.2) is 41.9 Å². The molecule has 0 unspecified atom stereocenters. The fourth-order valence-electron chi connectivity index (χ4n) is 3.40.